The molecule has 6 heteroatoms. The lowest BCUT2D eigenvalue weighted by Gasteiger charge is -2.02. The van der Waals surface area contributed by atoms with E-state index in [0.29, 0.717) is 6.42 Å². The highest BCUT2D eigenvalue weighted by molar-refractivity contribution is 7.90. The first-order valence-electron chi connectivity index (χ1n) is 4.84. The molecule has 0 radical (unpaired) electrons. The maximum absolute atomic E-state index is 11.5. The van der Waals surface area contributed by atoms with Gasteiger partial charge in [-0.3, -0.25) is 0 Å². The van der Waals surface area contributed by atoms with Gasteiger partial charge in [-0.2, -0.15) is 0 Å². The SMILES string of the molecule is CCCS(=O)(=O)Cc1cccc(C(=O)O)n1. The Bertz CT molecular complexity index is 481. The molecule has 0 unspecified atom stereocenters. The second-order valence-electron chi connectivity index (χ2n) is 3.41. The van der Waals surface area contributed by atoms with Crippen molar-refractivity contribution >= 4 is 15.8 Å². The van der Waals surface area contributed by atoms with Crippen molar-refractivity contribution in [1.82, 2.24) is 4.98 Å². The minimum Gasteiger partial charge on any atom is -0.477 e. The molecule has 0 aromatic carbocycles. The number of carboxylic acids is 1. The van der Waals surface area contributed by atoms with Crippen LogP contribution in [0.4, 0.5) is 0 Å². The molecule has 0 fully saturated rings. The van der Waals surface area contributed by atoms with E-state index in [2.05, 4.69) is 4.98 Å². The van der Waals surface area contributed by atoms with Crippen molar-refractivity contribution in [2.45, 2.75) is 19.1 Å². The first kappa shape index (κ1) is 12.6. The van der Waals surface area contributed by atoms with Crippen molar-refractivity contribution in [2.75, 3.05) is 5.75 Å². The highest BCUT2D eigenvalue weighted by atomic mass is 32.2. The van der Waals surface area contributed by atoms with E-state index in [4.69, 9.17) is 5.11 Å². The number of sulfone groups is 1. The molecule has 0 saturated heterocycles. The zero-order valence-electron chi connectivity index (χ0n) is 8.88. The molecule has 5 nitrogen and oxygen atoms in total. The smallest absolute Gasteiger partial charge is 0.354 e. The third-order valence-corrected chi connectivity index (χ3v) is 3.67. The minimum atomic E-state index is -3.18. The van der Waals surface area contributed by atoms with Crippen LogP contribution in [0.25, 0.3) is 0 Å². The molecule has 1 aromatic heterocycles. The van der Waals surface area contributed by atoms with Gasteiger partial charge in [0.1, 0.15) is 5.69 Å². The van der Waals surface area contributed by atoms with Crippen molar-refractivity contribution in [3.63, 3.8) is 0 Å². The van der Waals surface area contributed by atoms with Crippen molar-refractivity contribution < 1.29 is 18.3 Å². The van der Waals surface area contributed by atoms with Crippen LogP contribution >= 0.6 is 0 Å². The van der Waals surface area contributed by atoms with Crippen molar-refractivity contribution in [1.29, 1.82) is 0 Å². The number of aromatic carboxylic acids is 1. The van der Waals surface area contributed by atoms with Crippen LogP contribution in [0.5, 0.6) is 0 Å². The fourth-order valence-electron chi connectivity index (χ4n) is 1.29. The Kier molecular flexibility index (Phi) is 4.00. The van der Waals surface area contributed by atoms with Gasteiger partial charge in [0.15, 0.2) is 9.84 Å². The molecular weight excluding hydrogens is 230 g/mol. The summed E-state index contributed by atoms with van der Waals surface area (Å²) >= 11 is 0. The maximum atomic E-state index is 11.5. The van der Waals surface area contributed by atoms with Gasteiger partial charge < -0.3 is 5.11 Å². The van der Waals surface area contributed by atoms with Crippen LogP contribution in [-0.2, 0) is 15.6 Å². The van der Waals surface area contributed by atoms with E-state index in [0.717, 1.165) is 0 Å². The van der Waals surface area contributed by atoms with E-state index in [-0.39, 0.29) is 22.9 Å². The summed E-state index contributed by atoms with van der Waals surface area (Å²) in [4.78, 5) is 14.4. The Labute approximate surface area is 94.1 Å². The summed E-state index contributed by atoms with van der Waals surface area (Å²) in [6, 6.07) is 4.34. The highest BCUT2D eigenvalue weighted by Gasteiger charge is 2.13. The molecule has 1 N–H and O–H groups in total. The second-order valence-corrected chi connectivity index (χ2v) is 5.60. The summed E-state index contributed by atoms with van der Waals surface area (Å²) in [5.74, 6) is -1.27. The molecule has 0 spiro atoms. The fraction of sp³-hybridized carbons (Fsp3) is 0.400. The molecule has 0 atom stereocenters. The molecule has 0 amide bonds. The number of pyridine rings is 1. The summed E-state index contributed by atoms with van der Waals surface area (Å²) in [6.45, 7) is 1.78. The van der Waals surface area contributed by atoms with Gasteiger partial charge in [0.25, 0.3) is 0 Å². The molecule has 0 aliphatic heterocycles. The Balaban J connectivity index is 2.90. The van der Waals surface area contributed by atoms with E-state index in [1.807, 2.05) is 0 Å². The number of nitrogens with zero attached hydrogens (tertiary/aromatic N) is 1. The number of hydrogen-bond donors (Lipinski definition) is 1. The molecule has 16 heavy (non-hydrogen) atoms. The Morgan fingerprint density at radius 2 is 2.12 bits per heavy atom. The van der Waals surface area contributed by atoms with Crippen molar-refractivity contribution in [3.05, 3.63) is 29.6 Å². The van der Waals surface area contributed by atoms with Crippen molar-refractivity contribution in [3.8, 4) is 0 Å². The van der Waals surface area contributed by atoms with Crippen LogP contribution < -0.4 is 0 Å². The average molecular weight is 243 g/mol. The van der Waals surface area contributed by atoms with Crippen LogP contribution in [0.1, 0.15) is 29.5 Å². The summed E-state index contributed by atoms with van der Waals surface area (Å²) in [5, 5.41) is 8.70. The number of carbonyl (C=O) groups is 1. The Hall–Kier alpha value is -1.43. The number of hydrogen-bond acceptors (Lipinski definition) is 4. The van der Waals surface area contributed by atoms with Crippen LogP contribution in [0.3, 0.4) is 0 Å². The van der Waals surface area contributed by atoms with Gasteiger partial charge in [0, 0.05) is 0 Å². The average Bonchev–Trinajstić information content (AvgIpc) is 2.17. The van der Waals surface area contributed by atoms with E-state index >= 15 is 0 Å². The van der Waals surface area contributed by atoms with Crippen LogP contribution in [-0.4, -0.2) is 30.2 Å². The van der Waals surface area contributed by atoms with E-state index < -0.39 is 15.8 Å². The molecule has 0 aliphatic rings. The van der Waals surface area contributed by atoms with E-state index in [1.54, 1.807) is 6.92 Å². The largest absolute Gasteiger partial charge is 0.477 e. The molecule has 1 heterocycles. The van der Waals surface area contributed by atoms with Gasteiger partial charge in [-0.15, -0.1) is 0 Å². The van der Waals surface area contributed by atoms with Gasteiger partial charge in [-0.05, 0) is 18.6 Å². The van der Waals surface area contributed by atoms with Gasteiger partial charge in [-0.25, -0.2) is 18.2 Å². The Morgan fingerprint density at radius 3 is 2.69 bits per heavy atom. The van der Waals surface area contributed by atoms with Gasteiger partial charge in [0.2, 0.25) is 0 Å². The quantitative estimate of drug-likeness (QED) is 0.837. The molecule has 0 saturated carbocycles. The predicted octanol–water partition coefficient (Wildman–Crippen LogP) is 1.10. The molecule has 0 bridgehead atoms. The van der Waals surface area contributed by atoms with Crippen LogP contribution in [0.15, 0.2) is 18.2 Å². The summed E-state index contributed by atoms with van der Waals surface area (Å²) < 4.78 is 23.0. The fourth-order valence-corrected chi connectivity index (χ4v) is 2.67. The standard InChI is InChI=1S/C10H13NO4S/c1-2-6-16(14,15)7-8-4-3-5-9(11-8)10(12)13/h3-5H,2,6-7H2,1H3,(H,12,13). The van der Waals surface area contributed by atoms with Crippen molar-refractivity contribution in [2.24, 2.45) is 0 Å². The van der Waals surface area contributed by atoms with Crippen LogP contribution in [0.2, 0.25) is 0 Å². The lowest BCUT2D eigenvalue weighted by molar-refractivity contribution is 0.0690. The molecular formula is C10H13NO4S. The monoisotopic (exact) mass is 243 g/mol. The third-order valence-electron chi connectivity index (χ3n) is 1.91. The minimum absolute atomic E-state index is 0.0893. The summed E-state index contributed by atoms with van der Waals surface area (Å²) in [6.07, 6.45) is 0.543. The molecule has 1 rings (SSSR count). The summed E-state index contributed by atoms with van der Waals surface area (Å²) in [7, 11) is -3.18. The molecule has 88 valence electrons. The zero-order valence-corrected chi connectivity index (χ0v) is 9.70. The molecule has 0 aliphatic carbocycles. The highest BCUT2D eigenvalue weighted by Crippen LogP contribution is 2.06. The lowest BCUT2D eigenvalue weighted by Crippen LogP contribution is -2.11. The first-order valence-corrected chi connectivity index (χ1v) is 6.66. The molecule has 1 aromatic rings. The normalized spacial score (nSPS) is 11.3. The second kappa shape index (κ2) is 5.07. The topological polar surface area (TPSA) is 84.3 Å². The first-order chi connectivity index (χ1) is 7.44. The van der Waals surface area contributed by atoms with E-state index in [9.17, 15) is 13.2 Å². The third kappa shape index (κ3) is 3.62. The lowest BCUT2D eigenvalue weighted by atomic mass is 10.3. The Morgan fingerprint density at radius 1 is 1.44 bits per heavy atom. The number of rotatable bonds is 5. The number of carboxylic acid groups (broad SMARTS) is 1. The van der Waals surface area contributed by atoms with Gasteiger partial charge >= 0.3 is 5.97 Å². The van der Waals surface area contributed by atoms with Gasteiger partial charge in [0.05, 0.1) is 17.2 Å². The zero-order chi connectivity index (χ0) is 12.2. The van der Waals surface area contributed by atoms with Gasteiger partial charge in [-0.1, -0.05) is 13.0 Å². The predicted molar refractivity (Wildman–Crippen MR) is 59.0 cm³/mol. The van der Waals surface area contributed by atoms with Crippen LogP contribution in [0, 0.1) is 0 Å². The van der Waals surface area contributed by atoms with E-state index in [1.165, 1.54) is 18.2 Å². The number of aromatic nitrogens is 1. The summed E-state index contributed by atoms with van der Waals surface area (Å²) in [5.41, 5.74) is 0.137. The maximum Gasteiger partial charge on any atom is 0.354 e.